The monoisotopic (exact) mass is 690 g/mol. The molecule has 0 aliphatic heterocycles. The van der Waals surface area contributed by atoms with E-state index in [0.29, 0.717) is 0 Å². The van der Waals surface area contributed by atoms with Crippen molar-refractivity contribution in [3.05, 3.63) is 192 Å². The average Bonchev–Trinajstić information content (AvgIpc) is 3.89. The Morgan fingerprint density at radius 1 is 0.556 bits per heavy atom. The smallest absolute Gasteiger partial charge is 0.0620 e. The Bertz CT molecular complexity index is 3210. The molecule has 7 aromatic carbocycles. The number of benzene rings is 7. The molecular formula is C52H38N2. The Hall–Kier alpha value is -6.64. The highest BCUT2D eigenvalue weighted by molar-refractivity contribution is 6.23. The zero-order chi connectivity index (χ0) is 36.3. The van der Waals surface area contributed by atoms with Crippen LogP contribution in [0, 0.1) is 6.92 Å². The average molecular weight is 691 g/mol. The Balaban J connectivity index is 1.01. The van der Waals surface area contributed by atoms with Crippen LogP contribution in [0.2, 0.25) is 0 Å². The summed E-state index contributed by atoms with van der Waals surface area (Å²) in [4.78, 5) is 0. The van der Waals surface area contributed by atoms with Crippen molar-refractivity contribution in [3.8, 4) is 27.9 Å². The highest BCUT2D eigenvalue weighted by Crippen LogP contribution is 2.49. The highest BCUT2D eigenvalue weighted by Gasteiger charge is 2.35. The molecule has 2 nitrogen and oxygen atoms in total. The third kappa shape index (κ3) is 4.22. The van der Waals surface area contributed by atoms with E-state index in [1.165, 1.54) is 87.9 Å². The van der Waals surface area contributed by atoms with Gasteiger partial charge in [0.05, 0.1) is 22.1 Å². The van der Waals surface area contributed by atoms with Gasteiger partial charge in [0, 0.05) is 43.7 Å². The second kappa shape index (κ2) is 11.2. The number of aromatic nitrogens is 2. The van der Waals surface area contributed by atoms with Crippen molar-refractivity contribution in [2.45, 2.75) is 26.2 Å². The number of fused-ring (bicyclic) bond motifs is 10. The number of aryl methyl sites for hydroxylation is 1. The molecule has 0 N–H and O–H groups in total. The van der Waals surface area contributed by atoms with Crippen LogP contribution in [-0.4, -0.2) is 8.97 Å². The lowest BCUT2D eigenvalue weighted by molar-refractivity contribution is 0.660. The molecule has 0 radical (unpaired) electrons. The number of allylic oxidation sites excluding steroid dienone is 2. The molecule has 0 amide bonds. The van der Waals surface area contributed by atoms with E-state index in [1.807, 2.05) is 0 Å². The lowest BCUT2D eigenvalue weighted by atomic mass is 9.82. The third-order valence-corrected chi connectivity index (χ3v) is 12.2. The Morgan fingerprint density at radius 2 is 1.22 bits per heavy atom. The topological polar surface area (TPSA) is 9.34 Å². The number of rotatable bonds is 5. The summed E-state index contributed by atoms with van der Waals surface area (Å²) in [6.45, 7) is 11.5. The zero-order valence-corrected chi connectivity index (χ0v) is 30.7. The van der Waals surface area contributed by atoms with Gasteiger partial charge in [0.15, 0.2) is 0 Å². The van der Waals surface area contributed by atoms with E-state index in [2.05, 4.69) is 200 Å². The minimum atomic E-state index is -0.00688. The second-order valence-electron chi connectivity index (χ2n) is 15.5. The van der Waals surface area contributed by atoms with E-state index in [-0.39, 0.29) is 5.41 Å². The van der Waals surface area contributed by atoms with Crippen LogP contribution in [0.4, 0.5) is 0 Å². The van der Waals surface area contributed by atoms with E-state index in [0.717, 1.165) is 22.5 Å². The molecule has 0 fully saturated rings. The van der Waals surface area contributed by atoms with E-state index < -0.39 is 0 Å². The highest BCUT2D eigenvalue weighted by atomic mass is 15.0. The number of nitrogens with zero attached hydrogens (tertiary/aromatic N) is 2. The van der Waals surface area contributed by atoms with Crippen LogP contribution in [0.15, 0.2) is 164 Å². The molecule has 3 heterocycles. The molecule has 0 spiro atoms. The van der Waals surface area contributed by atoms with Gasteiger partial charge in [0.1, 0.15) is 0 Å². The van der Waals surface area contributed by atoms with Gasteiger partial charge in [-0.05, 0) is 99.5 Å². The largest absolute Gasteiger partial charge is 0.310 e. The third-order valence-electron chi connectivity index (χ3n) is 12.2. The summed E-state index contributed by atoms with van der Waals surface area (Å²) in [6.07, 6.45) is 4.44. The van der Waals surface area contributed by atoms with E-state index in [9.17, 15) is 0 Å². The molecule has 1 aliphatic rings. The minimum absolute atomic E-state index is 0.00688. The van der Waals surface area contributed by atoms with Crippen LogP contribution >= 0.6 is 0 Å². The molecule has 0 bridgehead atoms. The van der Waals surface area contributed by atoms with Crippen molar-refractivity contribution >= 4 is 60.6 Å². The first kappa shape index (κ1) is 30.9. The van der Waals surface area contributed by atoms with Gasteiger partial charge in [-0.15, -0.1) is 0 Å². The maximum absolute atomic E-state index is 4.60. The first-order chi connectivity index (χ1) is 26.4. The summed E-state index contributed by atoms with van der Waals surface area (Å²) in [5, 5.41) is 6.42. The van der Waals surface area contributed by atoms with Crippen molar-refractivity contribution in [1.82, 2.24) is 8.97 Å². The van der Waals surface area contributed by atoms with Gasteiger partial charge >= 0.3 is 0 Å². The van der Waals surface area contributed by atoms with E-state index in [4.69, 9.17) is 0 Å². The molecule has 0 saturated carbocycles. The fourth-order valence-electron chi connectivity index (χ4n) is 9.53. The van der Waals surface area contributed by atoms with Gasteiger partial charge < -0.3 is 8.97 Å². The lowest BCUT2D eigenvalue weighted by Gasteiger charge is -2.21. The van der Waals surface area contributed by atoms with Crippen LogP contribution in [0.5, 0.6) is 0 Å². The summed E-state index contributed by atoms with van der Waals surface area (Å²) in [5.41, 5.74) is 18.5. The molecular weight excluding hydrogens is 653 g/mol. The SMILES string of the molecule is C=C(/C=C\c1c(C)c2ccccc2n1-c1cccc(-c2ccc3c(c2)-c2ccccc2C3(C)C)c1)c1ccc2c3cccc4c5ccccc5n(c2c1)c43. The van der Waals surface area contributed by atoms with Crippen LogP contribution in [-0.2, 0) is 5.41 Å². The minimum Gasteiger partial charge on any atom is -0.310 e. The summed E-state index contributed by atoms with van der Waals surface area (Å²) < 4.78 is 4.84. The van der Waals surface area contributed by atoms with Crippen molar-refractivity contribution in [1.29, 1.82) is 0 Å². The summed E-state index contributed by atoms with van der Waals surface area (Å²) in [6, 6.07) is 55.9. The zero-order valence-electron chi connectivity index (χ0n) is 30.7. The molecule has 0 atom stereocenters. The molecule has 11 rings (SSSR count). The normalized spacial score (nSPS) is 13.6. The predicted octanol–water partition coefficient (Wildman–Crippen LogP) is 13.8. The van der Waals surface area contributed by atoms with Gasteiger partial charge in [0.2, 0.25) is 0 Å². The Morgan fingerprint density at radius 3 is 2.07 bits per heavy atom. The molecule has 1 aliphatic carbocycles. The molecule has 256 valence electrons. The molecule has 0 unspecified atom stereocenters. The number of para-hydroxylation sites is 3. The van der Waals surface area contributed by atoms with Gasteiger partial charge in [0.25, 0.3) is 0 Å². The van der Waals surface area contributed by atoms with Crippen LogP contribution in [0.25, 0.3) is 88.6 Å². The van der Waals surface area contributed by atoms with Gasteiger partial charge in [-0.25, -0.2) is 0 Å². The molecule has 3 aromatic heterocycles. The quantitative estimate of drug-likeness (QED) is 0.159. The molecule has 10 aromatic rings. The fourth-order valence-corrected chi connectivity index (χ4v) is 9.53. The summed E-state index contributed by atoms with van der Waals surface area (Å²) in [7, 11) is 0. The van der Waals surface area contributed by atoms with Gasteiger partial charge in [-0.3, -0.25) is 0 Å². The summed E-state index contributed by atoms with van der Waals surface area (Å²) in [5.74, 6) is 0. The predicted molar refractivity (Wildman–Crippen MR) is 230 cm³/mol. The molecule has 2 heteroatoms. The fraction of sp³-hybridized carbons (Fsp3) is 0.0769. The van der Waals surface area contributed by atoms with E-state index in [1.54, 1.807) is 0 Å². The summed E-state index contributed by atoms with van der Waals surface area (Å²) >= 11 is 0. The first-order valence-electron chi connectivity index (χ1n) is 18.9. The van der Waals surface area contributed by atoms with Crippen LogP contribution in [0.3, 0.4) is 0 Å². The Labute approximate surface area is 314 Å². The number of hydrogen-bond acceptors (Lipinski definition) is 0. The van der Waals surface area contributed by atoms with Gasteiger partial charge in [-0.2, -0.15) is 0 Å². The van der Waals surface area contributed by atoms with Crippen LogP contribution < -0.4 is 0 Å². The lowest BCUT2D eigenvalue weighted by Crippen LogP contribution is -2.14. The standard InChI is InChI=1S/C52H38N2/c1-32(34-24-26-41-43-19-12-18-42-40-17-7-10-22-49(40)54(51(42)43)50(41)31-34)23-28-47-33(2)38-15-6-9-21-48(38)53(47)37-14-11-13-35(29-37)36-25-27-46-44(30-36)39-16-5-8-20-45(39)52(46,3)4/h5-31H,1H2,2-4H3/b28-23-. The number of hydrogen-bond donors (Lipinski definition) is 0. The maximum Gasteiger partial charge on any atom is 0.0620 e. The molecule has 0 saturated heterocycles. The first-order valence-corrected chi connectivity index (χ1v) is 18.9. The molecule has 54 heavy (non-hydrogen) atoms. The van der Waals surface area contributed by atoms with Crippen molar-refractivity contribution < 1.29 is 0 Å². The second-order valence-corrected chi connectivity index (χ2v) is 15.5. The Kier molecular flexibility index (Phi) is 6.41. The van der Waals surface area contributed by atoms with Crippen molar-refractivity contribution in [2.75, 3.05) is 0 Å². The maximum atomic E-state index is 4.60. The van der Waals surface area contributed by atoms with E-state index >= 15 is 0 Å². The van der Waals surface area contributed by atoms with Crippen molar-refractivity contribution in [3.63, 3.8) is 0 Å². The van der Waals surface area contributed by atoms with Crippen molar-refractivity contribution in [2.24, 2.45) is 0 Å². The van der Waals surface area contributed by atoms with Gasteiger partial charge in [-0.1, -0.05) is 142 Å². The van der Waals surface area contributed by atoms with Crippen LogP contribution in [0.1, 0.15) is 41.8 Å².